The molecular weight excluding hydrogens is 383 g/mol. The highest BCUT2D eigenvalue weighted by atomic mass is 19.1. The summed E-state index contributed by atoms with van der Waals surface area (Å²) in [5, 5.41) is 5.25. The Morgan fingerprint density at radius 1 is 0.900 bits per heavy atom. The fourth-order valence-electron chi connectivity index (χ4n) is 3.32. The molecule has 0 unspecified atom stereocenters. The van der Waals surface area contributed by atoms with Gasteiger partial charge in [-0.15, -0.1) is 0 Å². The van der Waals surface area contributed by atoms with E-state index in [2.05, 4.69) is 42.5 Å². The van der Waals surface area contributed by atoms with Gasteiger partial charge in [0, 0.05) is 37.6 Å². The first-order valence-corrected chi connectivity index (χ1v) is 9.79. The molecule has 0 spiro atoms. The van der Waals surface area contributed by atoms with E-state index in [-0.39, 0.29) is 5.82 Å². The zero-order chi connectivity index (χ0) is 20.9. The van der Waals surface area contributed by atoms with Crippen LogP contribution in [-0.2, 0) is 0 Å². The van der Waals surface area contributed by atoms with Crippen molar-refractivity contribution in [2.75, 3.05) is 46.6 Å². The van der Waals surface area contributed by atoms with Crippen molar-refractivity contribution in [1.29, 1.82) is 0 Å². The monoisotopic (exact) mass is 406 g/mol. The Morgan fingerprint density at radius 3 is 2.20 bits per heavy atom. The van der Waals surface area contributed by atoms with Crippen molar-refractivity contribution in [3.63, 3.8) is 0 Å². The van der Waals surface area contributed by atoms with Crippen molar-refractivity contribution in [2.24, 2.45) is 0 Å². The number of aryl methyl sites for hydroxylation is 1. The molecule has 2 heterocycles. The first kappa shape index (κ1) is 19.6. The molecule has 0 atom stereocenters. The van der Waals surface area contributed by atoms with Gasteiger partial charge in [-0.2, -0.15) is 0 Å². The Balaban J connectivity index is 1.31. The molecule has 0 radical (unpaired) electrons. The van der Waals surface area contributed by atoms with Crippen LogP contribution in [0.25, 0.3) is 0 Å². The molecule has 1 aliphatic rings. The number of hydrogen-bond donors (Lipinski definition) is 2. The lowest BCUT2D eigenvalue weighted by Crippen LogP contribution is -2.47. The van der Waals surface area contributed by atoms with Gasteiger partial charge < -0.3 is 20.4 Å². The van der Waals surface area contributed by atoms with Gasteiger partial charge in [0.05, 0.1) is 18.1 Å². The molecule has 3 aromatic rings. The molecule has 30 heavy (non-hydrogen) atoms. The van der Waals surface area contributed by atoms with Gasteiger partial charge in [0.1, 0.15) is 5.82 Å². The SMILES string of the molecule is Cc1ccc(NC(=O)Nc2cnc(N3CCN(c4ccccc4)CC3)nc2)cc1F. The number of carbonyl (C=O) groups is 1. The predicted octanol–water partition coefficient (Wildman–Crippen LogP) is 3.89. The molecule has 154 valence electrons. The molecule has 1 aromatic heterocycles. The average molecular weight is 406 g/mol. The third kappa shape index (κ3) is 4.65. The average Bonchev–Trinajstić information content (AvgIpc) is 2.77. The van der Waals surface area contributed by atoms with Crippen molar-refractivity contribution >= 4 is 29.0 Å². The highest BCUT2D eigenvalue weighted by Gasteiger charge is 2.19. The number of benzene rings is 2. The molecule has 1 fully saturated rings. The number of carbonyl (C=O) groups excluding carboxylic acids is 1. The van der Waals surface area contributed by atoms with Crippen LogP contribution in [0.15, 0.2) is 60.9 Å². The number of nitrogens with zero attached hydrogens (tertiary/aromatic N) is 4. The molecule has 1 aliphatic heterocycles. The summed E-state index contributed by atoms with van der Waals surface area (Å²) in [4.78, 5) is 25.3. The lowest BCUT2D eigenvalue weighted by molar-refractivity contribution is 0.262. The summed E-state index contributed by atoms with van der Waals surface area (Å²) in [6.45, 7) is 5.09. The fourth-order valence-corrected chi connectivity index (χ4v) is 3.32. The Morgan fingerprint density at radius 2 is 1.53 bits per heavy atom. The van der Waals surface area contributed by atoms with Gasteiger partial charge in [-0.3, -0.25) is 0 Å². The third-order valence-electron chi connectivity index (χ3n) is 5.01. The predicted molar refractivity (Wildman–Crippen MR) is 117 cm³/mol. The van der Waals surface area contributed by atoms with Crippen LogP contribution in [0.3, 0.4) is 0 Å². The maximum absolute atomic E-state index is 13.6. The lowest BCUT2D eigenvalue weighted by atomic mass is 10.2. The smallest absolute Gasteiger partial charge is 0.323 e. The zero-order valence-corrected chi connectivity index (χ0v) is 16.7. The first-order chi connectivity index (χ1) is 14.6. The number of para-hydroxylation sites is 1. The topological polar surface area (TPSA) is 73.4 Å². The standard InChI is InChI=1S/C22H23FN6O/c1-16-7-8-17(13-20(16)23)26-22(30)27-18-14-24-21(25-15-18)29-11-9-28(10-12-29)19-5-3-2-4-6-19/h2-8,13-15H,9-12H2,1H3,(H2,26,27,30). The summed E-state index contributed by atoms with van der Waals surface area (Å²) >= 11 is 0. The highest BCUT2D eigenvalue weighted by Crippen LogP contribution is 2.19. The zero-order valence-electron chi connectivity index (χ0n) is 16.7. The summed E-state index contributed by atoms with van der Waals surface area (Å²) in [7, 11) is 0. The molecule has 1 saturated heterocycles. The minimum Gasteiger partial charge on any atom is -0.368 e. The number of aromatic nitrogens is 2. The number of anilines is 4. The van der Waals surface area contributed by atoms with E-state index in [1.807, 2.05) is 18.2 Å². The third-order valence-corrected chi connectivity index (χ3v) is 5.01. The lowest BCUT2D eigenvalue weighted by Gasteiger charge is -2.36. The largest absolute Gasteiger partial charge is 0.368 e. The molecule has 2 N–H and O–H groups in total. The number of hydrogen-bond acceptors (Lipinski definition) is 5. The molecule has 2 amide bonds. The van der Waals surface area contributed by atoms with Crippen LogP contribution in [0.5, 0.6) is 0 Å². The number of halogens is 1. The quantitative estimate of drug-likeness (QED) is 0.688. The van der Waals surface area contributed by atoms with E-state index >= 15 is 0 Å². The second-order valence-corrected chi connectivity index (χ2v) is 7.12. The molecule has 0 bridgehead atoms. The van der Waals surface area contributed by atoms with Crippen LogP contribution < -0.4 is 20.4 Å². The summed E-state index contributed by atoms with van der Waals surface area (Å²) in [5.41, 5.74) is 2.59. The van der Waals surface area contributed by atoms with Crippen molar-refractivity contribution in [3.05, 3.63) is 72.3 Å². The summed E-state index contributed by atoms with van der Waals surface area (Å²) in [6.07, 6.45) is 3.14. The van der Waals surface area contributed by atoms with Gasteiger partial charge in [0.25, 0.3) is 0 Å². The van der Waals surface area contributed by atoms with E-state index in [4.69, 9.17) is 0 Å². The van der Waals surface area contributed by atoms with Crippen LogP contribution in [0, 0.1) is 12.7 Å². The molecule has 8 heteroatoms. The Kier molecular flexibility index (Phi) is 5.74. The molecule has 7 nitrogen and oxygen atoms in total. The van der Waals surface area contributed by atoms with Crippen molar-refractivity contribution in [3.8, 4) is 0 Å². The molecule has 2 aromatic carbocycles. The fraction of sp³-hybridized carbons (Fsp3) is 0.227. The molecule has 0 aliphatic carbocycles. The van der Waals surface area contributed by atoms with E-state index in [0.717, 1.165) is 26.2 Å². The number of rotatable bonds is 4. The minimum atomic E-state index is -0.480. The van der Waals surface area contributed by atoms with Crippen LogP contribution in [-0.4, -0.2) is 42.2 Å². The van der Waals surface area contributed by atoms with Gasteiger partial charge in [-0.25, -0.2) is 19.2 Å². The highest BCUT2D eigenvalue weighted by molar-refractivity contribution is 5.99. The van der Waals surface area contributed by atoms with Gasteiger partial charge in [-0.05, 0) is 36.8 Å². The molecule has 4 rings (SSSR count). The minimum absolute atomic E-state index is 0.368. The van der Waals surface area contributed by atoms with Crippen molar-refractivity contribution in [2.45, 2.75) is 6.92 Å². The number of nitrogens with one attached hydrogen (secondary N) is 2. The van der Waals surface area contributed by atoms with Crippen molar-refractivity contribution < 1.29 is 9.18 Å². The first-order valence-electron chi connectivity index (χ1n) is 9.79. The molecule has 0 saturated carbocycles. The van der Waals surface area contributed by atoms with Crippen LogP contribution in [0.1, 0.15) is 5.56 Å². The van der Waals surface area contributed by atoms with E-state index in [1.54, 1.807) is 31.5 Å². The van der Waals surface area contributed by atoms with E-state index in [9.17, 15) is 9.18 Å². The summed E-state index contributed by atoms with van der Waals surface area (Å²) in [5.74, 6) is 0.266. The van der Waals surface area contributed by atoms with Crippen LogP contribution >= 0.6 is 0 Å². The van der Waals surface area contributed by atoms with Crippen molar-refractivity contribution in [1.82, 2.24) is 9.97 Å². The molecular formula is C22H23FN6O. The van der Waals surface area contributed by atoms with Gasteiger partial charge >= 0.3 is 6.03 Å². The number of amides is 2. The van der Waals surface area contributed by atoms with Crippen LogP contribution in [0.4, 0.5) is 32.2 Å². The van der Waals surface area contributed by atoms with Gasteiger partial charge in [0.2, 0.25) is 5.95 Å². The second kappa shape index (κ2) is 8.77. The normalized spacial score (nSPS) is 13.8. The Labute approximate surface area is 174 Å². The van der Waals surface area contributed by atoms with E-state index in [0.29, 0.717) is 22.9 Å². The summed E-state index contributed by atoms with van der Waals surface area (Å²) in [6, 6.07) is 14.4. The van der Waals surface area contributed by atoms with Crippen LogP contribution in [0.2, 0.25) is 0 Å². The second-order valence-electron chi connectivity index (χ2n) is 7.12. The van der Waals surface area contributed by atoms with E-state index in [1.165, 1.54) is 11.8 Å². The van der Waals surface area contributed by atoms with Gasteiger partial charge in [-0.1, -0.05) is 24.3 Å². The number of piperazine rings is 1. The number of urea groups is 1. The maximum Gasteiger partial charge on any atom is 0.323 e. The Hall–Kier alpha value is -3.68. The van der Waals surface area contributed by atoms with Gasteiger partial charge in [0.15, 0.2) is 0 Å². The maximum atomic E-state index is 13.6. The Bertz CT molecular complexity index is 1000. The summed E-state index contributed by atoms with van der Waals surface area (Å²) < 4.78 is 13.6. The van der Waals surface area contributed by atoms with E-state index < -0.39 is 6.03 Å².